The zero-order valence-corrected chi connectivity index (χ0v) is 13.9. The van der Waals surface area contributed by atoms with Gasteiger partial charge in [-0.3, -0.25) is 4.79 Å². The van der Waals surface area contributed by atoms with Crippen LogP contribution in [0.3, 0.4) is 0 Å². The summed E-state index contributed by atoms with van der Waals surface area (Å²) in [5, 5.41) is 6.21. The van der Waals surface area contributed by atoms with Crippen LogP contribution >= 0.6 is 0 Å². The summed E-state index contributed by atoms with van der Waals surface area (Å²) in [6.07, 6.45) is 8.38. The average Bonchev–Trinajstić information content (AvgIpc) is 2.57. The van der Waals surface area contributed by atoms with E-state index in [1.165, 1.54) is 31.3 Å². The first-order valence-corrected chi connectivity index (χ1v) is 8.29. The summed E-state index contributed by atoms with van der Waals surface area (Å²) in [4.78, 5) is 12.3. The topological polar surface area (TPSA) is 76.4 Å². The molecule has 0 bridgehead atoms. The Labute approximate surface area is 138 Å². The highest BCUT2D eigenvalue weighted by Crippen LogP contribution is 2.22. The largest absolute Gasteiger partial charge is 0.399 e. The molecule has 5 nitrogen and oxygen atoms in total. The number of carbonyl (C=O) groups is 1. The van der Waals surface area contributed by atoms with Crippen LogP contribution in [0.15, 0.2) is 29.8 Å². The van der Waals surface area contributed by atoms with Crippen LogP contribution < -0.4 is 16.4 Å². The molecule has 2 rings (SSSR count). The molecule has 0 unspecified atom stereocenters. The molecule has 0 aliphatic heterocycles. The number of anilines is 2. The Morgan fingerprint density at radius 1 is 1.30 bits per heavy atom. The summed E-state index contributed by atoms with van der Waals surface area (Å²) in [5.74, 6) is -0.131. The van der Waals surface area contributed by atoms with Crippen LogP contribution in [-0.2, 0) is 4.74 Å². The van der Waals surface area contributed by atoms with Crippen LogP contribution in [0.5, 0.6) is 0 Å². The summed E-state index contributed by atoms with van der Waals surface area (Å²) in [7, 11) is 1.61. The molecule has 0 saturated heterocycles. The lowest BCUT2D eigenvalue weighted by Crippen LogP contribution is -2.28. The minimum Gasteiger partial charge on any atom is -0.399 e. The third-order valence-electron chi connectivity index (χ3n) is 4.03. The lowest BCUT2D eigenvalue weighted by atomic mass is 9.97. The molecule has 1 aromatic rings. The van der Waals surface area contributed by atoms with Crippen molar-refractivity contribution in [2.24, 2.45) is 0 Å². The number of methoxy groups -OCH3 is 1. The predicted molar refractivity (Wildman–Crippen MR) is 94.7 cm³/mol. The molecule has 0 atom stereocenters. The lowest BCUT2D eigenvalue weighted by molar-refractivity contribution is 0.0938. The van der Waals surface area contributed by atoms with Crippen LogP contribution in [0.2, 0.25) is 0 Å². The number of rotatable bonds is 8. The Bertz CT molecular complexity index is 555. The fourth-order valence-electron chi connectivity index (χ4n) is 2.76. The third-order valence-corrected chi connectivity index (χ3v) is 4.03. The van der Waals surface area contributed by atoms with Crippen molar-refractivity contribution in [2.75, 3.05) is 37.9 Å². The molecule has 0 saturated carbocycles. The van der Waals surface area contributed by atoms with E-state index in [9.17, 15) is 4.79 Å². The molecule has 23 heavy (non-hydrogen) atoms. The summed E-state index contributed by atoms with van der Waals surface area (Å²) in [5.41, 5.74) is 9.34. The molecular weight excluding hydrogens is 290 g/mol. The first-order valence-electron chi connectivity index (χ1n) is 8.29. The van der Waals surface area contributed by atoms with Gasteiger partial charge in [0.25, 0.3) is 5.91 Å². The van der Waals surface area contributed by atoms with Crippen molar-refractivity contribution in [3.8, 4) is 0 Å². The number of carbonyl (C=O) groups excluding carboxylic acids is 1. The van der Waals surface area contributed by atoms with E-state index in [1.807, 2.05) is 12.1 Å². The van der Waals surface area contributed by atoms with Crippen LogP contribution in [0.1, 0.15) is 42.5 Å². The molecule has 1 aromatic carbocycles. The molecular formula is C18H27N3O2. The van der Waals surface area contributed by atoms with Crippen LogP contribution in [0.4, 0.5) is 11.4 Å². The zero-order chi connectivity index (χ0) is 16.5. The van der Waals surface area contributed by atoms with Gasteiger partial charge < -0.3 is 21.1 Å². The SMILES string of the molecule is COCCNC(=O)c1cc(N)ccc1NCCC1=CCCCC1. The number of ether oxygens (including phenoxy) is 1. The minimum atomic E-state index is -0.131. The fourth-order valence-corrected chi connectivity index (χ4v) is 2.76. The number of nitrogen functional groups attached to an aromatic ring is 1. The quantitative estimate of drug-likeness (QED) is 0.391. The Morgan fingerprint density at radius 2 is 2.17 bits per heavy atom. The van der Waals surface area contributed by atoms with Gasteiger partial charge in [0.15, 0.2) is 0 Å². The van der Waals surface area contributed by atoms with Crippen molar-refractivity contribution in [3.05, 3.63) is 35.4 Å². The number of amides is 1. The van der Waals surface area contributed by atoms with Crippen LogP contribution in [0, 0.1) is 0 Å². The molecule has 0 fully saturated rings. The van der Waals surface area contributed by atoms with E-state index < -0.39 is 0 Å². The number of hydrogen-bond donors (Lipinski definition) is 3. The van der Waals surface area contributed by atoms with Crippen molar-refractivity contribution >= 4 is 17.3 Å². The molecule has 0 radical (unpaired) electrons. The standard InChI is InChI=1S/C18H27N3O2/c1-23-12-11-21-18(22)16-13-15(19)7-8-17(16)20-10-9-14-5-3-2-4-6-14/h5,7-8,13,20H,2-4,6,9-12,19H2,1H3,(H,21,22). The maximum atomic E-state index is 12.3. The van der Waals surface area contributed by atoms with Gasteiger partial charge in [0.05, 0.1) is 12.2 Å². The molecule has 1 aliphatic carbocycles. The van der Waals surface area contributed by atoms with E-state index in [-0.39, 0.29) is 5.91 Å². The molecule has 0 aromatic heterocycles. The molecule has 0 heterocycles. The highest BCUT2D eigenvalue weighted by molar-refractivity contribution is 6.00. The van der Waals surface area contributed by atoms with E-state index in [0.29, 0.717) is 24.4 Å². The van der Waals surface area contributed by atoms with Crippen molar-refractivity contribution in [3.63, 3.8) is 0 Å². The van der Waals surface area contributed by atoms with E-state index in [1.54, 1.807) is 13.2 Å². The second-order valence-electron chi connectivity index (χ2n) is 5.84. The van der Waals surface area contributed by atoms with Gasteiger partial charge in [0.1, 0.15) is 0 Å². The van der Waals surface area contributed by atoms with E-state index in [0.717, 1.165) is 18.7 Å². The maximum Gasteiger partial charge on any atom is 0.253 e. The van der Waals surface area contributed by atoms with E-state index >= 15 is 0 Å². The Kier molecular flexibility index (Phi) is 6.94. The minimum absolute atomic E-state index is 0.131. The lowest BCUT2D eigenvalue weighted by Gasteiger charge is -2.15. The highest BCUT2D eigenvalue weighted by Gasteiger charge is 2.12. The van der Waals surface area contributed by atoms with Gasteiger partial charge in [-0.1, -0.05) is 11.6 Å². The van der Waals surface area contributed by atoms with Gasteiger partial charge in [-0.15, -0.1) is 0 Å². The smallest absolute Gasteiger partial charge is 0.253 e. The van der Waals surface area contributed by atoms with Gasteiger partial charge in [0, 0.05) is 31.6 Å². The number of hydrogen-bond acceptors (Lipinski definition) is 4. The number of allylic oxidation sites excluding steroid dienone is 1. The van der Waals surface area contributed by atoms with Crippen molar-refractivity contribution in [1.82, 2.24) is 5.32 Å². The second-order valence-corrected chi connectivity index (χ2v) is 5.84. The average molecular weight is 317 g/mol. The molecule has 4 N–H and O–H groups in total. The number of nitrogens with one attached hydrogen (secondary N) is 2. The van der Waals surface area contributed by atoms with Crippen LogP contribution in [0.25, 0.3) is 0 Å². The van der Waals surface area contributed by atoms with Crippen molar-refractivity contribution in [1.29, 1.82) is 0 Å². The first-order chi connectivity index (χ1) is 11.2. The summed E-state index contributed by atoms with van der Waals surface area (Å²) >= 11 is 0. The van der Waals surface area contributed by atoms with Gasteiger partial charge in [-0.25, -0.2) is 0 Å². The van der Waals surface area contributed by atoms with Gasteiger partial charge in [-0.2, -0.15) is 0 Å². The number of nitrogens with two attached hydrogens (primary N) is 1. The Hall–Kier alpha value is -2.01. The van der Waals surface area contributed by atoms with Gasteiger partial charge >= 0.3 is 0 Å². The predicted octanol–water partition coefficient (Wildman–Crippen LogP) is 2.95. The summed E-state index contributed by atoms with van der Waals surface area (Å²) in [6.45, 7) is 1.80. The third kappa shape index (κ3) is 5.60. The molecule has 5 heteroatoms. The van der Waals surface area contributed by atoms with E-state index in [2.05, 4.69) is 16.7 Å². The van der Waals surface area contributed by atoms with Gasteiger partial charge in [0.2, 0.25) is 0 Å². The van der Waals surface area contributed by atoms with Crippen LogP contribution in [-0.4, -0.2) is 32.7 Å². The molecule has 126 valence electrons. The van der Waals surface area contributed by atoms with Crippen molar-refractivity contribution < 1.29 is 9.53 Å². The fraction of sp³-hybridized carbons (Fsp3) is 0.500. The van der Waals surface area contributed by atoms with Crippen molar-refractivity contribution in [2.45, 2.75) is 32.1 Å². The molecule has 1 amide bonds. The molecule has 0 spiro atoms. The number of benzene rings is 1. The zero-order valence-electron chi connectivity index (χ0n) is 13.9. The first kappa shape index (κ1) is 17.3. The maximum absolute atomic E-state index is 12.3. The normalized spacial score (nSPS) is 14.2. The monoisotopic (exact) mass is 317 g/mol. The van der Waals surface area contributed by atoms with Gasteiger partial charge in [-0.05, 0) is 50.3 Å². The Morgan fingerprint density at radius 3 is 2.91 bits per heavy atom. The highest BCUT2D eigenvalue weighted by atomic mass is 16.5. The Balaban J connectivity index is 1.94. The second kappa shape index (κ2) is 9.20. The van der Waals surface area contributed by atoms with E-state index in [4.69, 9.17) is 10.5 Å². The molecule has 1 aliphatic rings. The summed E-state index contributed by atoms with van der Waals surface area (Å²) < 4.78 is 4.95. The summed E-state index contributed by atoms with van der Waals surface area (Å²) in [6, 6.07) is 5.40.